The molecule has 0 bridgehead atoms. The predicted molar refractivity (Wildman–Crippen MR) is 135 cm³/mol. The first kappa shape index (κ1) is 21.1. The third-order valence-corrected chi connectivity index (χ3v) is 9.21. The minimum absolute atomic E-state index is 0.0431. The number of aromatic nitrogens is 3. The van der Waals surface area contributed by atoms with Gasteiger partial charge in [0.15, 0.2) is 5.82 Å². The molecule has 7 heteroatoms. The van der Waals surface area contributed by atoms with E-state index < -0.39 is 0 Å². The molecule has 5 heterocycles. The first-order valence-electron chi connectivity index (χ1n) is 12.1. The number of anilines is 1. The lowest BCUT2D eigenvalue weighted by atomic mass is 9.78. The van der Waals surface area contributed by atoms with E-state index in [0.29, 0.717) is 5.41 Å². The van der Waals surface area contributed by atoms with Crippen LogP contribution >= 0.6 is 11.3 Å². The van der Waals surface area contributed by atoms with Crippen molar-refractivity contribution in [3.8, 4) is 5.00 Å². The SMILES string of the molecule is Cc1sc2c(c1C)C(c1ccc(N3CCC4(CCNC4)CC3)cc1)=NC(C)c1nnc(C)n1-2. The van der Waals surface area contributed by atoms with Gasteiger partial charge in [-0.15, -0.1) is 21.5 Å². The fraction of sp³-hybridized carbons (Fsp3) is 0.500. The van der Waals surface area contributed by atoms with E-state index in [9.17, 15) is 0 Å². The maximum atomic E-state index is 5.19. The highest BCUT2D eigenvalue weighted by Gasteiger charge is 2.37. The highest BCUT2D eigenvalue weighted by atomic mass is 32.1. The largest absolute Gasteiger partial charge is 0.371 e. The third-order valence-electron chi connectivity index (χ3n) is 8.02. The van der Waals surface area contributed by atoms with E-state index in [1.807, 2.05) is 18.3 Å². The third kappa shape index (κ3) is 3.36. The first-order chi connectivity index (χ1) is 16.0. The summed E-state index contributed by atoms with van der Waals surface area (Å²) in [5, 5.41) is 13.6. The fourth-order valence-electron chi connectivity index (χ4n) is 5.77. The summed E-state index contributed by atoms with van der Waals surface area (Å²) < 4.78 is 2.21. The standard InChI is InChI=1S/C26H32N6S/c1-16-18(3)33-25-22(16)23(28-17(2)24-30-29-19(4)32(24)25)20-5-7-21(8-6-20)31-13-10-26(11-14-31)9-12-27-15-26/h5-8,17,27H,9-15H2,1-4H3. The highest BCUT2D eigenvalue weighted by Crippen LogP contribution is 2.40. The van der Waals surface area contributed by atoms with Crippen LogP contribution < -0.4 is 10.2 Å². The van der Waals surface area contributed by atoms with E-state index in [2.05, 4.69) is 70.0 Å². The summed E-state index contributed by atoms with van der Waals surface area (Å²) in [6.45, 7) is 13.3. The van der Waals surface area contributed by atoms with Crippen molar-refractivity contribution < 1.29 is 0 Å². The number of aryl methyl sites for hydroxylation is 2. The minimum Gasteiger partial charge on any atom is -0.371 e. The minimum atomic E-state index is -0.0431. The summed E-state index contributed by atoms with van der Waals surface area (Å²) in [6.07, 6.45) is 3.93. The van der Waals surface area contributed by atoms with E-state index in [0.717, 1.165) is 30.5 Å². The summed E-state index contributed by atoms with van der Waals surface area (Å²) in [5.41, 5.74) is 6.66. The first-order valence-corrected chi connectivity index (χ1v) is 12.9. The van der Waals surface area contributed by atoms with E-state index in [1.54, 1.807) is 0 Å². The molecule has 6 nitrogen and oxygen atoms in total. The van der Waals surface area contributed by atoms with Crippen LogP contribution in [0.1, 0.15) is 65.4 Å². The number of nitrogens with zero attached hydrogens (tertiary/aromatic N) is 5. The molecule has 0 amide bonds. The van der Waals surface area contributed by atoms with E-state index in [4.69, 9.17) is 4.99 Å². The molecule has 6 rings (SSSR count). The molecule has 1 N–H and O–H groups in total. The van der Waals surface area contributed by atoms with Gasteiger partial charge in [0, 0.05) is 41.3 Å². The van der Waals surface area contributed by atoms with Gasteiger partial charge in [0.25, 0.3) is 0 Å². The van der Waals surface area contributed by atoms with Gasteiger partial charge < -0.3 is 10.2 Å². The molecular formula is C26H32N6S. The maximum absolute atomic E-state index is 5.19. The average molecular weight is 461 g/mol. The Morgan fingerprint density at radius 1 is 1.03 bits per heavy atom. The number of rotatable bonds is 2. The molecule has 1 unspecified atom stereocenters. The van der Waals surface area contributed by atoms with Crippen molar-refractivity contribution >= 4 is 22.7 Å². The highest BCUT2D eigenvalue weighted by molar-refractivity contribution is 7.15. The zero-order valence-electron chi connectivity index (χ0n) is 20.0. The Hall–Kier alpha value is -2.51. The molecule has 3 aromatic rings. The predicted octanol–water partition coefficient (Wildman–Crippen LogP) is 4.75. The molecule has 3 aliphatic rings. The summed E-state index contributed by atoms with van der Waals surface area (Å²) in [4.78, 5) is 9.06. The normalized spacial score (nSPS) is 21.6. The Balaban J connectivity index is 1.33. The van der Waals surface area contributed by atoms with Crippen LogP contribution in [0.4, 0.5) is 5.69 Å². The number of aliphatic imine (C=N–C) groups is 1. The molecule has 2 fully saturated rings. The molecule has 0 aliphatic carbocycles. The second-order valence-electron chi connectivity index (χ2n) is 10.0. The smallest absolute Gasteiger partial charge is 0.162 e. The lowest BCUT2D eigenvalue weighted by Gasteiger charge is -2.40. The molecule has 1 spiro atoms. The fourth-order valence-corrected chi connectivity index (χ4v) is 6.99. The number of hydrogen-bond acceptors (Lipinski definition) is 6. The van der Waals surface area contributed by atoms with Crippen molar-refractivity contribution in [2.24, 2.45) is 10.4 Å². The van der Waals surface area contributed by atoms with Gasteiger partial charge in [-0.3, -0.25) is 9.56 Å². The Kier molecular flexibility index (Phi) is 4.96. The van der Waals surface area contributed by atoms with Crippen LogP contribution in [0.3, 0.4) is 0 Å². The van der Waals surface area contributed by atoms with Crippen LogP contribution in [0, 0.1) is 26.2 Å². The van der Waals surface area contributed by atoms with Gasteiger partial charge in [-0.25, -0.2) is 0 Å². The van der Waals surface area contributed by atoms with Crippen molar-refractivity contribution in [3.05, 3.63) is 57.5 Å². The van der Waals surface area contributed by atoms with Crippen molar-refractivity contribution in [2.45, 2.75) is 53.0 Å². The summed E-state index contributed by atoms with van der Waals surface area (Å²) in [6, 6.07) is 9.06. The van der Waals surface area contributed by atoms with Crippen LogP contribution in [-0.4, -0.2) is 46.7 Å². The van der Waals surface area contributed by atoms with Crippen molar-refractivity contribution in [2.75, 3.05) is 31.1 Å². The Bertz CT molecular complexity index is 1220. The average Bonchev–Trinajstić information content (AvgIpc) is 3.49. The maximum Gasteiger partial charge on any atom is 0.162 e. The number of benzene rings is 1. The van der Waals surface area contributed by atoms with Crippen LogP contribution in [-0.2, 0) is 0 Å². The van der Waals surface area contributed by atoms with Gasteiger partial charge in [0.05, 0.1) is 5.71 Å². The van der Waals surface area contributed by atoms with Crippen LogP contribution in [0.5, 0.6) is 0 Å². The summed E-state index contributed by atoms with van der Waals surface area (Å²) in [5.74, 6) is 1.84. The van der Waals surface area contributed by atoms with Gasteiger partial charge in [-0.2, -0.15) is 0 Å². The lowest BCUT2D eigenvalue weighted by Crippen LogP contribution is -2.41. The molecule has 1 aromatic carbocycles. The van der Waals surface area contributed by atoms with Crippen LogP contribution in [0.2, 0.25) is 0 Å². The molecule has 0 saturated carbocycles. The second-order valence-corrected chi connectivity index (χ2v) is 11.2. The van der Waals surface area contributed by atoms with Gasteiger partial charge in [-0.05, 0) is 76.6 Å². The zero-order chi connectivity index (χ0) is 22.7. The Labute approximate surface area is 199 Å². The van der Waals surface area contributed by atoms with Gasteiger partial charge >= 0.3 is 0 Å². The Morgan fingerprint density at radius 3 is 2.48 bits per heavy atom. The molecule has 3 aliphatic heterocycles. The van der Waals surface area contributed by atoms with E-state index >= 15 is 0 Å². The van der Waals surface area contributed by atoms with Crippen LogP contribution in [0.15, 0.2) is 29.3 Å². The second kappa shape index (κ2) is 7.77. The van der Waals surface area contributed by atoms with Crippen molar-refractivity contribution in [3.63, 3.8) is 0 Å². The molecule has 2 saturated heterocycles. The topological polar surface area (TPSA) is 58.3 Å². The number of fused-ring (bicyclic) bond motifs is 3. The van der Waals surface area contributed by atoms with Gasteiger partial charge in [0.2, 0.25) is 0 Å². The Morgan fingerprint density at radius 2 is 1.79 bits per heavy atom. The number of thiophene rings is 1. The number of piperidine rings is 1. The molecule has 2 aromatic heterocycles. The van der Waals surface area contributed by atoms with Crippen molar-refractivity contribution in [1.82, 2.24) is 20.1 Å². The number of nitrogens with one attached hydrogen (secondary N) is 1. The number of hydrogen-bond donors (Lipinski definition) is 1. The molecule has 1 atom stereocenters. The van der Waals surface area contributed by atoms with E-state index in [-0.39, 0.29) is 6.04 Å². The summed E-state index contributed by atoms with van der Waals surface area (Å²) >= 11 is 1.82. The molecule has 172 valence electrons. The zero-order valence-corrected chi connectivity index (χ0v) is 20.8. The monoisotopic (exact) mass is 460 g/mol. The molecule has 33 heavy (non-hydrogen) atoms. The van der Waals surface area contributed by atoms with Crippen molar-refractivity contribution in [1.29, 1.82) is 0 Å². The van der Waals surface area contributed by atoms with E-state index in [1.165, 1.54) is 64.6 Å². The van der Waals surface area contributed by atoms with Crippen LogP contribution in [0.25, 0.3) is 5.00 Å². The molecular weight excluding hydrogens is 428 g/mol. The summed E-state index contributed by atoms with van der Waals surface area (Å²) in [7, 11) is 0. The molecule has 0 radical (unpaired) electrons. The van der Waals surface area contributed by atoms with Gasteiger partial charge in [-0.1, -0.05) is 12.1 Å². The lowest BCUT2D eigenvalue weighted by molar-refractivity contribution is 0.247. The van der Waals surface area contributed by atoms with Gasteiger partial charge in [0.1, 0.15) is 16.9 Å². The quantitative estimate of drug-likeness (QED) is 0.600.